The van der Waals surface area contributed by atoms with Gasteiger partial charge in [0.25, 0.3) is 5.91 Å². The fraction of sp³-hybridized carbons (Fsp3) is 0.714. The fourth-order valence-electron chi connectivity index (χ4n) is 2.23. The van der Waals surface area contributed by atoms with E-state index in [4.69, 9.17) is 5.11 Å². The minimum Gasteiger partial charge on any atom is -0.481 e. The van der Waals surface area contributed by atoms with Crippen molar-refractivity contribution < 1.29 is 19.5 Å². The first-order valence-corrected chi connectivity index (χ1v) is 7.25. The van der Waals surface area contributed by atoms with Gasteiger partial charge in [-0.05, 0) is 24.7 Å². The monoisotopic (exact) mass is 297 g/mol. The fourth-order valence-corrected chi connectivity index (χ4v) is 2.23. The van der Waals surface area contributed by atoms with Crippen molar-refractivity contribution in [3.8, 4) is 0 Å². The first kappa shape index (κ1) is 17.1. The van der Waals surface area contributed by atoms with Crippen LogP contribution in [0, 0.1) is 11.8 Å². The zero-order chi connectivity index (χ0) is 15.8. The molecule has 21 heavy (non-hydrogen) atoms. The van der Waals surface area contributed by atoms with Gasteiger partial charge in [0.1, 0.15) is 5.71 Å². The Balaban J connectivity index is 2.34. The maximum atomic E-state index is 11.8. The van der Waals surface area contributed by atoms with E-state index >= 15 is 0 Å². The van der Waals surface area contributed by atoms with Gasteiger partial charge >= 0.3 is 5.97 Å². The molecule has 1 aliphatic heterocycles. The molecule has 7 heteroatoms. The molecule has 0 aliphatic carbocycles. The molecular formula is C14H23N3O4. The van der Waals surface area contributed by atoms with Crippen LogP contribution < -0.4 is 10.7 Å². The van der Waals surface area contributed by atoms with Gasteiger partial charge in [0.05, 0.1) is 0 Å². The lowest BCUT2D eigenvalue weighted by molar-refractivity contribution is -0.137. The van der Waals surface area contributed by atoms with Crippen molar-refractivity contribution in [3.05, 3.63) is 0 Å². The van der Waals surface area contributed by atoms with Gasteiger partial charge < -0.3 is 10.4 Å². The highest BCUT2D eigenvalue weighted by atomic mass is 16.4. The quantitative estimate of drug-likeness (QED) is 0.618. The number of hydrogen-bond acceptors (Lipinski definition) is 4. The Morgan fingerprint density at radius 1 is 1.33 bits per heavy atom. The van der Waals surface area contributed by atoms with Crippen molar-refractivity contribution in [1.29, 1.82) is 0 Å². The first-order chi connectivity index (χ1) is 9.90. The minimum atomic E-state index is -0.794. The molecule has 0 fully saturated rings. The van der Waals surface area contributed by atoms with Crippen LogP contribution >= 0.6 is 0 Å². The second-order valence-corrected chi connectivity index (χ2v) is 5.57. The van der Waals surface area contributed by atoms with Crippen LogP contribution in [0.3, 0.4) is 0 Å². The van der Waals surface area contributed by atoms with Crippen LogP contribution in [0.1, 0.15) is 46.0 Å². The highest BCUT2D eigenvalue weighted by Crippen LogP contribution is 2.20. The van der Waals surface area contributed by atoms with Crippen molar-refractivity contribution in [1.82, 2.24) is 10.7 Å². The number of carboxylic acids is 1. The molecule has 0 spiro atoms. The SMILES string of the molecule is CC(C)C(CCNC(=O)C1=NNC(=O)CC1)CCC(=O)O. The normalized spacial score (nSPS) is 16.1. The van der Waals surface area contributed by atoms with E-state index in [-0.39, 0.29) is 30.6 Å². The molecule has 118 valence electrons. The number of nitrogens with one attached hydrogen (secondary N) is 2. The van der Waals surface area contributed by atoms with Gasteiger partial charge in [0, 0.05) is 25.8 Å². The Hall–Kier alpha value is -1.92. The smallest absolute Gasteiger partial charge is 0.303 e. The summed E-state index contributed by atoms with van der Waals surface area (Å²) >= 11 is 0. The molecule has 1 unspecified atom stereocenters. The van der Waals surface area contributed by atoms with Crippen LogP contribution in [0.25, 0.3) is 0 Å². The van der Waals surface area contributed by atoms with Crippen LogP contribution in [0.2, 0.25) is 0 Å². The van der Waals surface area contributed by atoms with Crippen LogP contribution in [-0.4, -0.2) is 35.1 Å². The summed E-state index contributed by atoms with van der Waals surface area (Å²) in [6, 6.07) is 0. The lowest BCUT2D eigenvalue weighted by Crippen LogP contribution is -2.37. The van der Waals surface area contributed by atoms with Crippen molar-refractivity contribution in [2.75, 3.05) is 6.54 Å². The Morgan fingerprint density at radius 2 is 2.05 bits per heavy atom. The summed E-state index contributed by atoms with van der Waals surface area (Å²) in [4.78, 5) is 33.4. The van der Waals surface area contributed by atoms with E-state index < -0.39 is 5.97 Å². The summed E-state index contributed by atoms with van der Waals surface area (Å²) in [5.41, 5.74) is 2.62. The molecule has 3 N–H and O–H groups in total. The Morgan fingerprint density at radius 3 is 2.57 bits per heavy atom. The lowest BCUT2D eigenvalue weighted by Gasteiger charge is -2.20. The highest BCUT2D eigenvalue weighted by molar-refractivity contribution is 6.39. The summed E-state index contributed by atoms with van der Waals surface area (Å²) in [6.45, 7) is 4.58. The Labute approximate surface area is 124 Å². The number of aliphatic carboxylic acids is 1. The molecule has 0 bridgehead atoms. The molecule has 0 saturated heterocycles. The number of hydrazone groups is 1. The van der Waals surface area contributed by atoms with E-state index in [1.807, 2.05) is 0 Å². The molecule has 0 aromatic heterocycles. The predicted molar refractivity (Wildman–Crippen MR) is 77.6 cm³/mol. The number of hydrogen-bond donors (Lipinski definition) is 3. The zero-order valence-electron chi connectivity index (χ0n) is 12.5. The molecule has 1 rings (SSSR count). The van der Waals surface area contributed by atoms with E-state index in [9.17, 15) is 14.4 Å². The topological polar surface area (TPSA) is 108 Å². The van der Waals surface area contributed by atoms with E-state index in [0.717, 1.165) is 6.42 Å². The van der Waals surface area contributed by atoms with E-state index in [2.05, 4.69) is 29.7 Å². The second kappa shape index (κ2) is 8.39. The summed E-state index contributed by atoms with van der Waals surface area (Å²) in [5, 5.41) is 15.2. The third kappa shape index (κ3) is 6.37. The predicted octanol–water partition coefficient (Wildman–Crippen LogP) is 0.896. The highest BCUT2D eigenvalue weighted by Gasteiger charge is 2.19. The molecule has 7 nitrogen and oxygen atoms in total. The Kier molecular flexibility index (Phi) is 6.84. The third-order valence-electron chi connectivity index (χ3n) is 3.64. The van der Waals surface area contributed by atoms with Crippen molar-refractivity contribution in [2.45, 2.75) is 46.0 Å². The molecule has 0 aromatic rings. The average molecular weight is 297 g/mol. The molecule has 1 aliphatic rings. The van der Waals surface area contributed by atoms with Crippen LogP contribution in [0.15, 0.2) is 5.10 Å². The summed E-state index contributed by atoms with van der Waals surface area (Å²) in [6.07, 6.45) is 2.12. The number of carboxylic acid groups (broad SMARTS) is 1. The van der Waals surface area contributed by atoms with Crippen molar-refractivity contribution >= 4 is 23.5 Å². The summed E-state index contributed by atoms with van der Waals surface area (Å²) in [5.74, 6) is -0.616. The van der Waals surface area contributed by atoms with Gasteiger partial charge in [0.15, 0.2) is 0 Å². The van der Waals surface area contributed by atoms with Crippen molar-refractivity contribution in [2.24, 2.45) is 16.9 Å². The number of carbonyl (C=O) groups is 3. The van der Waals surface area contributed by atoms with Gasteiger partial charge in [-0.25, -0.2) is 5.43 Å². The molecule has 0 aromatic carbocycles. The summed E-state index contributed by atoms with van der Waals surface area (Å²) < 4.78 is 0. The van der Waals surface area contributed by atoms with Crippen LogP contribution in [0.5, 0.6) is 0 Å². The molecule has 1 atom stereocenters. The average Bonchev–Trinajstić information content (AvgIpc) is 2.42. The number of carbonyl (C=O) groups excluding carboxylic acids is 2. The number of amides is 2. The van der Waals surface area contributed by atoms with E-state index in [0.29, 0.717) is 31.0 Å². The van der Waals surface area contributed by atoms with Crippen LogP contribution in [0.4, 0.5) is 0 Å². The minimum absolute atomic E-state index is 0.148. The van der Waals surface area contributed by atoms with Gasteiger partial charge in [-0.2, -0.15) is 5.10 Å². The Bertz CT molecular complexity index is 432. The molecule has 0 saturated carbocycles. The van der Waals surface area contributed by atoms with Crippen LogP contribution in [-0.2, 0) is 14.4 Å². The molecular weight excluding hydrogens is 274 g/mol. The maximum absolute atomic E-state index is 11.8. The molecule has 2 amide bonds. The van der Waals surface area contributed by atoms with E-state index in [1.54, 1.807) is 0 Å². The second-order valence-electron chi connectivity index (χ2n) is 5.57. The third-order valence-corrected chi connectivity index (χ3v) is 3.64. The standard InChI is InChI=1S/C14H23N3O4/c1-9(2)10(3-6-13(19)20)7-8-15-14(21)11-4-5-12(18)17-16-11/h9-10H,3-8H2,1-2H3,(H,15,21)(H,17,18)(H,19,20). The van der Waals surface area contributed by atoms with E-state index in [1.165, 1.54) is 0 Å². The van der Waals surface area contributed by atoms with Gasteiger partial charge in [-0.3, -0.25) is 14.4 Å². The molecule has 1 heterocycles. The van der Waals surface area contributed by atoms with Gasteiger partial charge in [-0.15, -0.1) is 0 Å². The zero-order valence-corrected chi connectivity index (χ0v) is 12.5. The summed E-state index contributed by atoms with van der Waals surface area (Å²) in [7, 11) is 0. The number of nitrogens with zero attached hydrogens (tertiary/aromatic N) is 1. The molecule has 0 radical (unpaired) electrons. The number of rotatable bonds is 8. The first-order valence-electron chi connectivity index (χ1n) is 7.25. The van der Waals surface area contributed by atoms with Gasteiger partial charge in [-0.1, -0.05) is 13.8 Å². The maximum Gasteiger partial charge on any atom is 0.303 e. The van der Waals surface area contributed by atoms with Gasteiger partial charge in [0.2, 0.25) is 5.91 Å². The van der Waals surface area contributed by atoms with Crippen molar-refractivity contribution in [3.63, 3.8) is 0 Å². The largest absolute Gasteiger partial charge is 0.481 e. The lowest BCUT2D eigenvalue weighted by atomic mass is 9.88.